The van der Waals surface area contributed by atoms with Gasteiger partial charge >= 0.3 is 11.9 Å². The van der Waals surface area contributed by atoms with Crippen molar-refractivity contribution < 1.29 is 23.9 Å². The molecule has 0 fully saturated rings. The SMILES string of the molecule is CCCCCOC(=O)c1ccc(CC(=O)Cc2ccc(C(=O)OCC)cc2)cc1. The Morgan fingerprint density at radius 3 is 1.62 bits per heavy atom. The van der Waals surface area contributed by atoms with Crippen LogP contribution in [0.3, 0.4) is 0 Å². The van der Waals surface area contributed by atoms with E-state index in [9.17, 15) is 14.4 Å². The summed E-state index contributed by atoms with van der Waals surface area (Å²) in [6, 6.07) is 13.8. The highest BCUT2D eigenvalue weighted by molar-refractivity contribution is 5.90. The molecule has 0 unspecified atom stereocenters. The van der Waals surface area contributed by atoms with Crippen LogP contribution in [0.5, 0.6) is 0 Å². The molecule has 0 atom stereocenters. The largest absolute Gasteiger partial charge is 0.462 e. The number of benzene rings is 2. The molecule has 2 aromatic rings. The summed E-state index contributed by atoms with van der Waals surface area (Å²) < 4.78 is 10.2. The zero-order valence-electron chi connectivity index (χ0n) is 17.1. The van der Waals surface area contributed by atoms with Gasteiger partial charge in [0.1, 0.15) is 5.78 Å². The maximum atomic E-state index is 12.3. The lowest BCUT2D eigenvalue weighted by Gasteiger charge is -2.06. The molecular formula is C24H28O5. The first kappa shape index (κ1) is 22.3. The van der Waals surface area contributed by atoms with Gasteiger partial charge in [-0.15, -0.1) is 0 Å². The molecule has 0 bridgehead atoms. The maximum absolute atomic E-state index is 12.3. The monoisotopic (exact) mass is 396 g/mol. The number of unbranched alkanes of at least 4 members (excludes halogenated alkanes) is 2. The Hall–Kier alpha value is -2.95. The molecule has 5 heteroatoms. The van der Waals surface area contributed by atoms with Gasteiger partial charge in [-0.2, -0.15) is 0 Å². The van der Waals surface area contributed by atoms with Crippen LogP contribution in [0.1, 0.15) is 65.0 Å². The van der Waals surface area contributed by atoms with Crippen molar-refractivity contribution in [2.75, 3.05) is 13.2 Å². The van der Waals surface area contributed by atoms with Gasteiger partial charge in [0.25, 0.3) is 0 Å². The van der Waals surface area contributed by atoms with E-state index >= 15 is 0 Å². The average molecular weight is 396 g/mol. The third-order valence-electron chi connectivity index (χ3n) is 4.44. The van der Waals surface area contributed by atoms with E-state index in [1.54, 1.807) is 55.5 Å². The minimum atomic E-state index is -0.366. The Morgan fingerprint density at radius 2 is 1.17 bits per heavy atom. The molecule has 29 heavy (non-hydrogen) atoms. The van der Waals surface area contributed by atoms with Crippen molar-refractivity contribution in [3.63, 3.8) is 0 Å². The Bertz CT molecular complexity index is 806. The first-order valence-electron chi connectivity index (χ1n) is 10.1. The minimum absolute atomic E-state index is 0.0591. The molecule has 0 aliphatic carbocycles. The van der Waals surface area contributed by atoms with Crippen LogP contribution in [0.4, 0.5) is 0 Å². The molecule has 0 aliphatic rings. The fraction of sp³-hybridized carbons (Fsp3) is 0.375. The number of rotatable bonds is 11. The van der Waals surface area contributed by atoms with Gasteiger partial charge in [0, 0.05) is 12.8 Å². The van der Waals surface area contributed by atoms with E-state index in [-0.39, 0.29) is 30.6 Å². The number of Topliss-reactive ketones (excluding diaryl/α,β-unsaturated/α-hetero) is 1. The second kappa shape index (κ2) is 11.8. The highest BCUT2D eigenvalue weighted by Crippen LogP contribution is 2.11. The summed E-state index contributed by atoms with van der Waals surface area (Å²) >= 11 is 0. The van der Waals surface area contributed by atoms with Gasteiger partial charge in [0.15, 0.2) is 0 Å². The molecule has 0 spiro atoms. The van der Waals surface area contributed by atoms with Crippen LogP contribution in [0.2, 0.25) is 0 Å². The van der Waals surface area contributed by atoms with Gasteiger partial charge < -0.3 is 9.47 Å². The van der Waals surface area contributed by atoms with Crippen LogP contribution in [-0.4, -0.2) is 30.9 Å². The Morgan fingerprint density at radius 1 is 0.690 bits per heavy atom. The van der Waals surface area contributed by atoms with Gasteiger partial charge in [-0.3, -0.25) is 4.79 Å². The normalized spacial score (nSPS) is 10.4. The zero-order chi connectivity index (χ0) is 21.1. The maximum Gasteiger partial charge on any atom is 0.338 e. The van der Waals surface area contributed by atoms with E-state index in [0.29, 0.717) is 24.3 Å². The third kappa shape index (κ3) is 7.53. The number of ketones is 1. The topological polar surface area (TPSA) is 69.7 Å². The molecule has 154 valence electrons. The first-order chi connectivity index (χ1) is 14.0. The van der Waals surface area contributed by atoms with Crippen LogP contribution < -0.4 is 0 Å². The second-order valence-corrected chi connectivity index (χ2v) is 6.85. The van der Waals surface area contributed by atoms with Crippen LogP contribution in [0.25, 0.3) is 0 Å². The Balaban J connectivity index is 1.84. The quantitative estimate of drug-likeness (QED) is 0.411. The van der Waals surface area contributed by atoms with E-state index in [0.717, 1.165) is 30.4 Å². The Kier molecular flexibility index (Phi) is 9.09. The summed E-state index contributed by atoms with van der Waals surface area (Å²) in [6.07, 6.45) is 3.56. The minimum Gasteiger partial charge on any atom is -0.462 e. The van der Waals surface area contributed by atoms with Crippen molar-refractivity contribution in [1.82, 2.24) is 0 Å². The fourth-order valence-corrected chi connectivity index (χ4v) is 2.85. The van der Waals surface area contributed by atoms with Crippen LogP contribution >= 0.6 is 0 Å². The smallest absolute Gasteiger partial charge is 0.338 e. The van der Waals surface area contributed by atoms with Crippen molar-refractivity contribution in [1.29, 1.82) is 0 Å². The number of ether oxygens (including phenoxy) is 2. The number of hydrogen-bond donors (Lipinski definition) is 0. The molecule has 0 heterocycles. The lowest BCUT2D eigenvalue weighted by atomic mass is 10.0. The van der Waals surface area contributed by atoms with Crippen LogP contribution in [-0.2, 0) is 27.1 Å². The molecule has 0 saturated carbocycles. The molecule has 0 amide bonds. The van der Waals surface area contributed by atoms with E-state index in [2.05, 4.69) is 6.92 Å². The van der Waals surface area contributed by atoms with Gasteiger partial charge in [0.2, 0.25) is 0 Å². The van der Waals surface area contributed by atoms with E-state index in [1.165, 1.54) is 0 Å². The number of carbonyl (C=O) groups is 3. The van der Waals surface area contributed by atoms with Crippen LogP contribution in [0, 0.1) is 0 Å². The molecule has 0 N–H and O–H groups in total. The van der Waals surface area contributed by atoms with Gasteiger partial charge in [0.05, 0.1) is 24.3 Å². The van der Waals surface area contributed by atoms with Crippen LogP contribution in [0.15, 0.2) is 48.5 Å². The van der Waals surface area contributed by atoms with Crippen molar-refractivity contribution >= 4 is 17.7 Å². The average Bonchev–Trinajstić information content (AvgIpc) is 2.72. The summed E-state index contributed by atoms with van der Waals surface area (Å²) in [5, 5.41) is 0. The molecular weight excluding hydrogens is 368 g/mol. The summed E-state index contributed by atoms with van der Waals surface area (Å²) in [5.74, 6) is -0.640. The van der Waals surface area contributed by atoms with Crippen molar-refractivity contribution in [3.8, 4) is 0 Å². The predicted molar refractivity (Wildman–Crippen MR) is 111 cm³/mol. The van der Waals surface area contributed by atoms with E-state index in [4.69, 9.17) is 9.47 Å². The second-order valence-electron chi connectivity index (χ2n) is 6.85. The van der Waals surface area contributed by atoms with Gasteiger partial charge in [-0.25, -0.2) is 9.59 Å². The Labute approximate surface area is 172 Å². The first-order valence-corrected chi connectivity index (χ1v) is 10.1. The molecule has 5 nitrogen and oxygen atoms in total. The summed E-state index contributed by atoms with van der Waals surface area (Å²) in [7, 11) is 0. The van der Waals surface area contributed by atoms with Gasteiger partial charge in [-0.05, 0) is 48.7 Å². The predicted octanol–water partition coefficient (Wildman–Crippen LogP) is 4.56. The molecule has 2 rings (SSSR count). The zero-order valence-corrected chi connectivity index (χ0v) is 17.1. The summed E-state index contributed by atoms with van der Waals surface area (Å²) in [4.78, 5) is 36.0. The van der Waals surface area contributed by atoms with Gasteiger partial charge in [-0.1, -0.05) is 44.0 Å². The van der Waals surface area contributed by atoms with E-state index < -0.39 is 0 Å². The summed E-state index contributed by atoms with van der Waals surface area (Å²) in [6.45, 7) is 4.62. The molecule has 0 aliphatic heterocycles. The van der Waals surface area contributed by atoms with E-state index in [1.807, 2.05) is 0 Å². The third-order valence-corrected chi connectivity index (χ3v) is 4.44. The van der Waals surface area contributed by atoms with Crippen molar-refractivity contribution in [2.45, 2.75) is 46.0 Å². The number of hydrogen-bond acceptors (Lipinski definition) is 5. The fourth-order valence-electron chi connectivity index (χ4n) is 2.85. The van der Waals surface area contributed by atoms with Crippen molar-refractivity contribution in [3.05, 3.63) is 70.8 Å². The highest BCUT2D eigenvalue weighted by atomic mass is 16.5. The highest BCUT2D eigenvalue weighted by Gasteiger charge is 2.10. The lowest BCUT2D eigenvalue weighted by Crippen LogP contribution is -2.09. The molecule has 0 radical (unpaired) electrons. The molecule has 0 saturated heterocycles. The summed E-state index contributed by atoms with van der Waals surface area (Å²) in [5.41, 5.74) is 2.66. The number of esters is 2. The molecule has 0 aromatic heterocycles. The lowest BCUT2D eigenvalue weighted by molar-refractivity contribution is -0.117. The van der Waals surface area contributed by atoms with Crippen molar-refractivity contribution in [2.24, 2.45) is 0 Å². The standard InChI is InChI=1S/C24H28O5/c1-3-5-6-15-29-24(27)21-13-9-19(10-14-21)17-22(25)16-18-7-11-20(12-8-18)23(26)28-4-2/h7-14H,3-6,15-17H2,1-2H3. The number of carbonyl (C=O) groups excluding carboxylic acids is 3. The molecule has 2 aromatic carbocycles.